The molecule has 5 N–H and O–H groups in total. The minimum atomic E-state index is -1.31. The van der Waals surface area contributed by atoms with Gasteiger partial charge in [0.05, 0.1) is 4.92 Å². The molecule has 82 valence electrons. The van der Waals surface area contributed by atoms with Gasteiger partial charge in [0.15, 0.2) is 0 Å². The second-order valence-corrected chi connectivity index (χ2v) is 3.24. The topological polar surface area (TPSA) is 115 Å². The Morgan fingerprint density at radius 2 is 1.73 bits per heavy atom. The van der Waals surface area contributed by atoms with Gasteiger partial charge in [0.2, 0.25) is 0 Å². The average Bonchev–Trinajstić information content (AvgIpc) is 2.28. The third-order valence-corrected chi connectivity index (χ3v) is 2.29. The molecular formula is C9H13N3O3. The van der Waals surface area contributed by atoms with E-state index in [0.29, 0.717) is 5.56 Å². The fourth-order valence-electron chi connectivity index (χ4n) is 1.21. The smallest absolute Gasteiger partial charge is 0.269 e. The highest BCUT2D eigenvalue weighted by atomic mass is 16.6. The summed E-state index contributed by atoms with van der Waals surface area (Å²) in [5.74, 6) is 0. The van der Waals surface area contributed by atoms with E-state index in [2.05, 4.69) is 0 Å². The summed E-state index contributed by atoms with van der Waals surface area (Å²) in [4.78, 5) is 9.89. The summed E-state index contributed by atoms with van der Waals surface area (Å²) in [5, 5.41) is 20.3. The van der Waals surface area contributed by atoms with Crippen molar-refractivity contribution in [3.8, 4) is 0 Å². The first-order chi connectivity index (χ1) is 7.03. The molecule has 0 aliphatic carbocycles. The minimum Gasteiger partial charge on any atom is -0.383 e. The number of non-ortho nitro benzene ring substituents is 1. The van der Waals surface area contributed by atoms with Gasteiger partial charge in [-0.05, 0) is 17.7 Å². The highest BCUT2D eigenvalue weighted by molar-refractivity contribution is 5.35. The van der Waals surface area contributed by atoms with Crippen molar-refractivity contribution >= 4 is 5.69 Å². The molecule has 0 unspecified atom stereocenters. The van der Waals surface area contributed by atoms with Crippen LogP contribution in [-0.2, 0) is 5.60 Å². The summed E-state index contributed by atoms with van der Waals surface area (Å²) >= 11 is 0. The van der Waals surface area contributed by atoms with Crippen LogP contribution in [0.4, 0.5) is 5.69 Å². The Balaban J connectivity index is 3.02. The average molecular weight is 211 g/mol. The SMILES string of the molecule is NCC(O)(CN)c1ccc([N+](=O)[O-])cc1. The number of aliphatic hydroxyl groups is 1. The van der Waals surface area contributed by atoms with Crippen LogP contribution in [0.25, 0.3) is 0 Å². The fourth-order valence-corrected chi connectivity index (χ4v) is 1.21. The molecule has 0 amide bonds. The first-order valence-corrected chi connectivity index (χ1v) is 4.41. The van der Waals surface area contributed by atoms with Gasteiger partial charge in [-0.15, -0.1) is 0 Å². The maximum absolute atomic E-state index is 10.4. The van der Waals surface area contributed by atoms with E-state index in [1.165, 1.54) is 24.3 Å². The first kappa shape index (κ1) is 11.6. The maximum atomic E-state index is 10.4. The number of hydrogen-bond donors (Lipinski definition) is 3. The van der Waals surface area contributed by atoms with Gasteiger partial charge in [0, 0.05) is 25.2 Å². The first-order valence-electron chi connectivity index (χ1n) is 4.41. The van der Waals surface area contributed by atoms with Gasteiger partial charge in [-0.3, -0.25) is 10.1 Å². The van der Waals surface area contributed by atoms with E-state index in [0.717, 1.165) is 0 Å². The zero-order valence-electron chi connectivity index (χ0n) is 8.09. The summed E-state index contributed by atoms with van der Waals surface area (Å²) in [6.07, 6.45) is 0. The largest absolute Gasteiger partial charge is 0.383 e. The van der Waals surface area contributed by atoms with E-state index < -0.39 is 10.5 Å². The molecule has 0 aliphatic rings. The third-order valence-electron chi connectivity index (χ3n) is 2.29. The van der Waals surface area contributed by atoms with Crippen molar-refractivity contribution in [3.05, 3.63) is 39.9 Å². The molecule has 6 nitrogen and oxygen atoms in total. The summed E-state index contributed by atoms with van der Waals surface area (Å²) in [7, 11) is 0. The van der Waals surface area contributed by atoms with Crippen molar-refractivity contribution in [2.75, 3.05) is 13.1 Å². The molecule has 0 radical (unpaired) electrons. The Bertz CT molecular complexity index is 346. The summed E-state index contributed by atoms with van der Waals surface area (Å²) in [5.41, 5.74) is 9.91. The van der Waals surface area contributed by atoms with E-state index in [-0.39, 0.29) is 18.8 Å². The normalized spacial score (nSPS) is 11.4. The van der Waals surface area contributed by atoms with Crippen LogP contribution in [-0.4, -0.2) is 23.1 Å². The van der Waals surface area contributed by atoms with E-state index in [1.807, 2.05) is 0 Å². The zero-order valence-corrected chi connectivity index (χ0v) is 8.09. The van der Waals surface area contributed by atoms with Crippen molar-refractivity contribution in [3.63, 3.8) is 0 Å². The molecule has 0 atom stereocenters. The Labute approximate surface area is 86.7 Å². The van der Waals surface area contributed by atoms with Crippen LogP contribution >= 0.6 is 0 Å². The van der Waals surface area contributed by atoms with Crippen LogP contribution in [0.5, 0.6) is 0 Å². The van der Waals surface area contributed by atoms with Crippen LogP contribution in [0.2, 0.25) is 0 Å². The molecule has 6 heteroatoms. The summed E-state index contributed by atoms with van der Waals surface area (Å²) in [6, 6.07) is 5.53. The van der Waals surface area contributed by atoms with Gasteiger partial charge in [0.25, 0.3) is 5.69 Å². The lowest BCUT2D eigenvalue weighted by Gasteiger charge is -2.24. The highest BCUT2D eigenvalue weighted by Gasteiger charge is 2.26. The number of hydrogen-bond acceptors (Lipinski definition) is 5. The Hall–Kier alpha value is -1.50. The number of nitro groups is 1. The molecule has 1 aromatic carbocycles. The van der Waals surface area contributed by atoms with E-state index in [4.69, 9.17) is 11.5 Å². The summed E-state index contributed by atoms with van der Waals surface area (Å²) in [6.45, 7) is -0.0530. The Morgan fingerprint density at radius 3 is 2.07 bits per heavy atom. The molecule has 1 aromatic rings. The number of nitrogens with zero attached hydrogens (tertiary/aromatic N) is 1. The summed E-state index contributed by atoms with van der Waals surface area (Å²) < 4.78 is 0. The third kappa shape index (κ3) is 2.30. The van der Waals surface area contributed by atoms with Gasteiger partial charge in [0.1, 0.15) is 5.60 Å². The van der Waals surface area contributed by atoms with Crippen LogP contribution in [0.1, 0.15) is 5.56 Å². The number of rotatable bonds is 4. The molecule has 15 heavy (non-hydrogen) atoms. The highest BCUT2D eigenvalue weighted by Crippen LogP contribution is 2.21. The number of benzene rings is 1. The lowest BCUT2D eigenvalue weighted by atomic mass is 9.94. The number of nitro benzene ring substituents is 1. The van der Waals surface area contributed by atoms with Crippen LogP contribution < -0.4 is 11.5 Å². The monoisotopic (exact) mass is 211 g/mol. The van der Waals surface area contributed by atoms with Gasteiger partial charge in [-0.1, -0.05) is 0 Å². The molecule has 1 rings (SSSR count). The number of nitrogens with two attached hydrogens (primary N) is 2. The zero-order chi connectivity index (χ0) is 11.5. The predicted octanol–water partition coefficient (Wildman–Crippen LogP) is -0.300. The molecular weight excluding hydrogens is 198 g/mol. The maximum Gasteiger partial charge on any atom is 0.269 e. The van der Waals surface area contributed by atoms with Crippen LogP contribution in [0.3, 0.4) is 0 Å². The van der Waals surface area contributed by atoms with Crippen molar-refractivity contribution in [2.45, 2.75) is 5.60 Å². The standard InChI is InChI=1S/C9H13N3O3/c10-5-9(13,6-11)7-1-3-8(4-2-7)12(14)15/h1-4,13H,5-6,10-11H2. The molecule has 0 fully saturated rings. The van der Waals surface area contributed by atoms with Crippen molar-refractivity contribution < 1.29 is 10.0 Å². The van der Waals surface area contributed by atoms with E-state index in [1.54, 1.807) is 0 Å². The Morgan fingerprint density at radius 1 is 1.27 bits per heavy atom. The lowest BCUT2D eigenvalue weighted by molar-refractivity contribution is -0.384. The molecule has 0 heterocycles. The van der Waals surface area contributed by atoms with Crippen molar-refractivity contribution in [1.82, 2.24) is 0 Å². The van der Waals surface area contributed by atoms with Gasteiger partial charge >= 0.3 is 0 Å². The molecule has 0 aliphatic heterocycles. The van der Waals surface area contributed by atoms with Gasteiger partial charge in [-0.25, -0.2) is 0 Å². The molecule has 0 bridgehead atoms. The van der Waals surface area contributed by atoms with Crippen LogP contribution in [0, 0.1) is 10.1 Å². The van der Waals surface area contributed by atoms with Crippen LogP contribution in [0.15, 0.2) is 24.3 Å². The molecule has 0 aromatic heterocycles. The minimum absolute atomic E-state index is 0.0265. The fraction of sp³-hybridized carbons (Fsp3) is 0.333. The molecule has 0 spiro atoms. The van der Waals surface area contributed by atoms with E-state index >= 15 is 0 Å². The van der Waals surface area contributed by atoms with E-state index in [9.17, 15) is 15.2 Å². The quantitative estimate of drug-likeness (QED) is 0.467. The second kappa shape index (κ2) is 4.35. The lowest BCUT2D eigenvalue weighted by Crippen LogP contribution is -2.41. The Kier molecular flexibility index (Phi) is 3.35. The van der Waals surface area contributed by atoms with Gasteiger partial charge in [-0.2, -0.15) is 0 Å². The molecule has 0 saturated carbocycles. The van der Waals surface area contributed by atoms with Crippen molar-refractivity contribution in [1.29, 1.82) is 0 Å². The second-order valence-electron chi connectivity index (χ2n) is 3.24. The molecule has 0 saturated heterocycles. The van der Waals surface area contributed by atoms with Crippen molar-refractivity contribution in [2.24, 2.45) is 11.5 Å². The predicted molar refractivity (Wildman–Crippen MR) is 55.1 cm³/mol. The van der Waals surface area contributed by atoms with Gasteiger partial charge < -0.3 is 16.6 Å².